The van der Waals surface area contributed by atoms with Gasteiger partial charge in [0, 0.05) is 0 Å². The molecule has 1 unspecified atom stereocenters. The first-order valence-corrected chi connectivity index (χ1v) is 3.92. The standard InChI is InChI=1S/C8H16O4/c1-8(2,7(11)12)4-3-6(10)5-9/h6,9-10H,3-5H2,1-2H3,(H,11,12). The van der Waals surface area contributed by atoms with Crippen molar-refractivity contribution in [3.8, 4) is 0 Å². The van der Waals surface area contributed by atoms with Crippen molar-refractivity contribution in [2.45, 2.75) is 32.8 Å². The molecule has 0 aliphatic rings. The van der Waals surface area contributed by atoms with Crippen molar-refractivity contribution in [3.05, 3.63) is 0 Å². The molecule has 0 spiro atoms. The number of rotatable bonds is 5. The zero-order valence-electron chi connectivity index (χ0n) is 7.45. The van der Waals surface area contributed by atoms with Gasteiger partial charge in [0.1, 0.15) is 0 Å². The van der Waals surface area contributed by atoms with E-state index in [1.54, 1.807) is 13.8 Å². The highest BCUT2D eigenvalue weighted by atomic mass is 16.4. The quantitative estimate of drug-likeness (QED) is 0.560. The van der Waals surface area contributed by atoms with E-state index in [2.05, 4.69) is 0 Å². The zero-order valence-corrected chi connectivity index (χ0v) is 7.45. The lowest BCUT2D eigenvalue weighted by Gasteiger charge is -2.19. The fourth-order valence-corrected chi connectivity index (χ4v) is 0.726. The van der Waals surface area contributed by atoms with E-state index in [9.17, 15) is 4.79 Å². The van der Waals surface area contributed by atoms with Gasteiger partial charge in [0.25, 0.3) is 0 Å². The Hall–Kier alpha value is -0.610. The molecule has 3 N–H and O–H groups in total. The molecule has 0 aromatic rings. The predicted octanol–water partition coefficient (Wildman–Crippen LogP) is 0.231. The van der Waals surface area contributed by atoms with Gasteiger partial charge in [-0.3, -0.25) is 4.79 Å². The molecule has 0 aliphatic heterocycles. The largest absolute Gasteiger partial charge is 0.481 e. The lowest BCUT2D eigenvalue weighted by molar-refractivity contribution is -0.147. The van der Waals surface area contributed by atoms with Crippen molar-refractivity contribution in [1.29, 1.82) is 0 Å². The molecule has 0 aromatic heterocycles. The highest BCUT2D eigenvalue weighted by molar-refractivity contribution is 5.73. The monoisotopic (exact) mass is 176 g/mol. The van der Waals surface area contributed by atoms with Crippen LogP contribution >= 0.6 is 0 Å². The summed E-state index contributed by atoms with van der Waals surface area (Å²) in [4.78, 5) is 10.6. The first kappa shape index (κ1) is 11.4. The molecule has 4 nitrogen and oxygen atoms in total. The van der Waals surface area contributed by atoms with Crippen LogP contribution in [0.5, 0.6) is 0 Å². The summed E-state index contributed by atoms with van der Waals surface area (Å²) in [7, 11) is 0. The molecule has 0 aliphatic carbocycles. The number of aliphatic hydroxyl groups excluding tert-OH is 2. The topological polar surface area (TPSA) is 77.8 Å². The van der Waals surface area contributed by atoms with Crippen molar-refractivity contribution < 1.29 is 20.1 Å². The summed E-state index contributed by atoms with van der Waals surface area (Å²) in [6.45, 7) is 2.88. The SMILES string of the molecule is CC(C)(CCC(O)CO)C(=O)O. The number of carbonyl (C=O) groups is 1. The maximum absolute atomic E-state index is 10.6. The summed E-state index contributed by atoms with van der Waals surface area (Å²) in [6.07, 6.45) is -0.122. The minimum atomic E-state index is -0.882. The van der Waals surface area contributed by atoms with E-state index in [4.69, 9.17) is 15.3 Å². The molecule has 12 heavy (non-hydrogen) atoms. The summed E-state index contributed by atoms with van der Waals surface area (Å²) in [5, 5.41) is 26.1. The molecule has 0 saturated carbocycles. The molecule has 4 heteroatoms. The number of carboxylic acid groups (broad SMARTS) is 1. The summed E-state index contributed by atoms with van der Waals surface area (Å²) in [5.74, 6) is -0.882. The van der Waals surface area contributed by atoms with Crippen molar-refractivity contribution >= 4 is 5.97 Å². The maximum atomic E-state index is 10.6. The Morgan fingerprint density at radius 1 is 1.50 bits per heavy atom. The van der Waals surface area contributed by atoms with Gasteiger partial charge in [-0.1, -0.05) is 0 Å². The highest BCUT2D eigenvalue weighted by Gasteiger charge is 2.27. The normalized spacial score (nSPS) is 14.3. The Labute approximate surface area is 71.8 Å². The molecule has 0 amide bonds. The van der Waals surface area contributed by atoms with Gasteiger partial charge < -0.3 is 15.3 Å². The minimum Gasteiger partial charge on any atom is -0.481 e. The number of carboxylic acids is 1. The maximum Gasteiger partial charge on any atom is 0.309 e. The van der Waals surface area contributed by atoms with Crippen LogP contribution < -0.4 is 0 Å². The van der Waals surface area contributed by atoms with E-state index in [0.29, 0.717) is 12.8 Å². The average Bonchev–Trinajstić information content (AvgIpc) is 2.00. The lowest BCUT2D eigenvalue weighted by atomic mass is 9.87. The molecule has 0 rings (SSSR count). The Morgan fingerprint density at radius 3 is 2.33 bits per heavy atom. The number of hydrogen-bond acceptors (Lipinski definition) is 3. The van der Waals surface area contributed by atoms with Gasteiger partial charge in [-0.25, -0.2) is 0 Å². The van der Waals surface area contributed by atoms with E-state index in [-0.39, 0.29) is 6.61 Å². The van der Waals surface area contributed by atoms with Gasteiger partial charge in [-0.15, -0.1) is 0 Å². The van der Waals surface area contributed by atoms with Gasteiger partial charge in [-0.05, 0) is 26.7 Å². The molecule has 72 valence electrons. The predicted molar refractivity (Wildman–Crippen MR) is 43.7 cm³/mol. The highest BCUT2D eigenvalue weighted by Crippen LogP contribution is 2.23. The lowest BCUT2D eigenvalue weighted by Crippen LogP contribution is -2.26. The molecule has 0 heterocycles. The molecular formula is C8H16O4. The smallest absolute Gasteiger partial charge is 0.309 e. The molecule has 0 fully saturated rings. The van der Waals surface area contributed by atoms with E-state index in [1.165, 1.54) is 0 Å². The van der Waals surface area contributed by atoms with Crippen LogP contribution in [-0.2, 0) is 4.79 Å². The third-order valence-corrected chi connectivity index (χ3v) is 1.89. The molecule has 1 atom stereocenters. The van der Waals surface area contributed by atoms with Crippen molar-refractivity contribution in [2.75, 3.05) is 6.61 Å². The van der Waals surface area contributed by atoms with Crippen molar-refractivity contribution in [2.24, 2.45) is 5.41 Å². The Kier molecular flexibility index (Phi) is 4.20. The molecule has 0 bridgehead atoms. The summed E-state index contributed by atoms with van der Waals surface area (Å²) in [5.41, 5.74) is -0.823. The molecule has 0 aromatic carbocycles. The van der Waals surface area contributed by atoms with E-state index < -0.39 is 17.5 Å². The summed E-state index contributed by atoms with van der Waals surface area (Å²) >= 11 is 0. The minimum absolute atomic E-state index is 0.310. The second kappa shape index (κ2) is 4.42. The fourth-order valence-electron chi connectivity index (χ4n) is 0.726. The third-order valence-electron chi connectivity index (χ3n) is 1.89. The van der Waals surface area contributed by atoms with E-state index >= 15 is 0 Å². The van der Waals surface area contributed by atoms with Crippen LogP contribution in [0.3, 0.4) is 0 Å². The first-order valence-electron chi connectivity index (χ1n) is 3.92. The Morgan fingerprint density at radius 2 is 2.00 bits per heavy atom. The zero-order chi connectivity index (χ0) is 9.78. The van der Waals surface area contributed by atoms with Gasteiger partial charge in [-0.2, -0.15) is 0 Å². The molecule has 0 radical (unpaired) electrons. The van der Waals surface area contributed by atoms with Gasteiger partial charge >= 0.3 is 5.97 Å². The van der Waals surface area contributed by atoms with Crippen LogP contribution in [0.25, 0.3) is 0 Å². The van der Waals surface area contributed by atoms with Crippen LogP contribution in [0.4, 0.5) is 0 Å². The number of aliphatic carboxylic acids is 1. The van der Waals surface area contributed by atoms with Gasteiger partial charge in [0.05, 0.1) is 18.1 Å². The van der Waals surface area contributed by atoms with Crippen LogP contribution in [0.15, 0.2) is 0 Å². The van der Waals surface area contributed by atoms with Crippen molar-refractivity contribution in [3.63, 3.8) is 0 Å². The summed E-state index contributed by atoms with van der Waals surface area (Å²) in [6, 6.07) is 0. The van der Waals surface area contributed by atoms with E-state index in [1.807, 2.05) is 0 Å². The van der Waals surface area contributed by atoms with Crippen LogP contribution in [0, 0.1) is 5.41 Å². The molecule has 0 saturated heterocycles. The fraction of sp³-hybridized carbons (Fsp3) is 0.875. The number of aliphatic hydroxyl groups is 2. The second-order valence-electron chi connectivity index (χ2n) is 3.56. The molecular weight excluding hydrogens is 160 g/mol. The second-order valence-corrected chi connectivity index (χ2v) is 3.56. The third kappa shape index (κ3) is 3.69. The van der Waals surface area contributed by atoms with Crippen LogP contribution in [-0.4, -0.2) is 34.0 Å². The van der Waals surface area contributed by atoms with Crippen molar-refractivity contribution in [1.82, 2.24) is 0 Å². The summed E-state index contributed by atoms with van der Waals surface area (Å²) < 4.78 is 0. The Bertz CT molecular complexity index is 153. The average molecular weight is 176 g/mol. The van der Waals surface area contributed by atoms with Crippen LogP contribution in [0.1, 0.15) is 26.7 Å². The van der Waals surface area contributed by atoms with Gasteiger partial charge in [0.15, 0.2) is 0 Å². The van der Waals surface area contributed by atoms with E-state index in [0.717, 1.165) is 0 Å². The first-order chi connectivity index (χ1) is 5.40. The number of hydrogen-bond donors (Lipinski definition) is 3. The van der Waals surface area contributed by atoms with Crippen LogP contribution in [0.2, 0.25) is 0 Å². The Balaban J connectivity index is 3.83. The van der Waals surface area contributed by atoms with Gasteiger partial charge in [0.2, 0.25) is 0 Å².